The molecule has 2 aromatic rings. The number of amides is 2. The highest BCUT2D eigenvalue weighted by Crippen LogP contribution is 2.22. The van der Waals surface area contributed by atoms with Crippen molar-refractivity contribution < 1.29 is 9.59 Å². The van der Waals surface area contributed by atoms with E-state index in [0.717, 1.165) is 11.3 Å². The van der Waals surface area contributed by atoms with Crippen LogP contribution in [0.4, 0.5) is 11.4 Å². The van der Waals surface area contributed by atoms with Gasteiger partial charge in [-0.15, -0.1) is 5.10 Å². The Balaban J connectivity index is 1.62. The second-order valence-electron chi connectivity index (χ2n) is 7.18. The van der Waals surface area contributed by atoms with Crippen molar-refractivity contribution in [1.82, 2.24) is 5.32 Å². The second-order valence-corrected chi connectivity index (χ2v) is 8.37. The van der Waals surface area contributed by atoms with Gasteiger partial charge in [-0.1, -0.05) is 48.2 Å². The fraction of sp³-hybridized carbons (Fsp3) is 0.217. The van der Waals surface area contributed by atoms with E-state index >= 15 is 0 Å². The summed E-state index contributed by atoms with van der Waals surface area (Å²) in [5.41, 5.74) is 3.54. The minimum atomic E-state index is -0.561. The van der Waals surface area contributed by atoms with E-state index in [0.29, 0.717) is 16.6 Å². The van der Waals surface area contributed by atoms with Crippen LogP contribution in [0.15, 0.2) is 70.9 Å². The molecular weight excluding hydrogens is 410 g/mol. The largest absolute Gasteiger partial charge is 0.378 e. The van der Waals surface area contributed by atoms with Crippen molar-refractivity contribution >= 4 is 51.9 Å². The molecule has 31 heavy (non-hydrogen) atoms. The van der Waals surface area contributed by atoms with Crippen molar-refractivity contribution in [2.75, 3.05) is 24.3 Å². The molecular formula is C23H25N5O2S. The van der Waals surface area contributed by atoms with E-state index in [1.807, 2.05) is 80.5 Å². The van der Waals surface area contributed by atoms with Crippen LogP contribution in [0.5, 0.6) is 0 Å². The molecule has 160 valence electrons. The molecule has 2 aromatic carbocycles. The Labute approximate surface area is 186 Å². The molecule has 0 unspecified atom stereocenters. The fourth-order valence-electron chi connectivity index (χ4n) is 2.74. The lowest BCUT2D eigenvalue weighted by molar-refractivity contribution is -0.123. The summed E-state index contributed by atoms with van der Waals surface area (Å²) >= 11 is 1.19. The van der Waals surface area contributed by atoms with Gasteiger partial charge in [0.15, 0.2) is 5.17 Å². The predicted octanol–water partition coefficient (Wildman–Crippen LogP) is 3.76. The topological polar surface area (TPSA) is 86.2 Å². The first kappa shape index (κ1) is 22.3. The summed E-state index contributed by atoms with van der Waals surface area (Å²) in [5.74, 6) is -0.490. The van der Waals surface area contributed by atoms with Crippen LogP contribution in [0.2, 0.25) is 0 Å². The Morgan fingerprint density at radius 2 is 1.87 bits per heavy atom. The fourth-order valence-corrected chi connectivity index (χ4v) is 3.67. The van der Waals surface area contributed by atoms with Gasteiger partial charge in [0.05, 0.1) is 5.71 Å². The first-order valence-electron chi connectivity index (χ1n) is 9.81. The average Bonchev–Trinajstić information content (AvgIpc) is 2.77. The van der Waals surface area contributed by atoms with Crippen LogP contribution in [0.1, 0.15) is 18.9 Å². The molecule has 0 radical (unpaired) electrons. The van der Waals surface area contributed by atoms with Crippen LogP contribution in [-0.2, 0) is 9.59 Å². The van der Waals surface area contributed by atoms with Crippen molar-refractivity contribution in [2.24, 2.45) is 10.2 Å². The average molecular weight is 436 g/mol. The molecule has 0 aromatic heterocycles. The number of carbonyl (C=O) groups is 2. The Hall–Kier alpha value is -3.39. The zero-order valence-electron chi connectivity index (χ0n) is 17.7. The molecule has 7 nitrogen and oxygen atoms in total. The Kier molecular flexibility index (Phi) is 7.61. The van der Waals surface area contributed by atoms with E-state index in [1.165, 1.54) is 11.8 Å². The molecule has 0 saturated carbocycles. The SMILES string of the molecule is CC(/C=C\c1ccc(N(C)C)cc1)=N\N=C1/NC(=O)C[C@@H](C(=O)Nc2ccccc2)S1. The van der Waals surface area contributed by atoms with E-state index in [-0.39, 0.29) is 18.2 Å². The summed E-state index contributed by atoms with van der Waals surface area (Å²) in [7, 11) is 4.00. The number of allylic oxidation sites excluding steroid dienone is 1. The summed E-state index contributed by atoms with van der Waals surface area (Å²) in [4.78, 5) is 26.6. The molecule has 1 aliphatic rings. The number of anilines is 2. The lowest BCUT2D eigenvalue weighted by atomic mass is 10.2. The minimum absolute atomic E-state index is 0.0912. The van der Waals surface area contributed by atoms with E-state index in [4.69, 9.17) is 0 Å². The molecule has 1 atom stereocenters. The number of nitrogens with zero attached hydrogens (tertiary/aromatic N) is 3. The molecule has 0 aliphatic carbocycles. The van der Waals surface area contributed by atoms with Crippen molar-refractivity contribution in [3.05, 3.63) is 66.2 Å². The Morgan fingerprint density at radius 3 is 2.55 bits per heavy atom. The van der Waals surface area contributed by atoms with E-state index < -0.39 is 5.25 Å². The summed E-state index contributed by atoms with van der Waals surface area (Å²) in [6, 6.07) is 17.3. The third kappa shape index (κ3) is 6.82. The van der Waals surface area contributed by atoms with Gasteiger partial charge in [0, 0.05) is 31.9 Å². The number of carbonyl (C=O) groups excluding carboxylic acids is 2. The highest BCUT2D eigenvalue weighted by molar-refractivity contribution is 8.15. The number of benzene rings is 2. The van der Waals surface area contributed by atoms with Crippen LogP contribution in [0, 0.1) is 0 Å². The minimum Gasteiger partial charge on any atom is -0.378 e. The second kappa shape index (κ2) is 10.6. The number of rotatable bonds is 6. The molecule has 0 spiro atoms. The molecule has 1 aliphatic heterocycles. The molecule has 1 heterocycles. The number of nitrogens with one attached hydrogen (secondary N) is 2. The monoisotopic (exact) mass is 435 g/mol. The smallest absolute Gasteiger partial charge is 0.238 e. The van der Waals surface area contributed by atoms with E-state index in [1.54, 1.807) is 12.1 Å². The van der Waals surface area contributed by atoms with Crippen LogP contribution in [0.3, 0.4) is 0 Å². The molecule has 0 bridgehead atoms. The summed E-state index contributed by atoms with van der Waals surface area (Å²) in [6.07, 6.45) is 3.89. The third-order valence-electron chi connectivity index (χ3n) is 4.43. The van der Waals surface area contributed by atoms with Crippen LogP contribution >= 0.6 is 11.8 Å². The summed E-state index contributed by atoms with van der Waals surface area (Å²) in [5, 5.41) is 13.5. The predicted molar refractivity (Wildman–Crippen MR) is 130 cm³/mol. The molecule has 1 fully saturated rings. The number of hydrogen-bond donors (Lipinski definition) is 2. The first-order chi connectivity index (χ1) is 14.9. The zero-order valence-corrected chi connectivity index (χ0v) is 18.5. The van der Waals surface area contributed by atoms with Crippen molar-refractivity contribution in [3.8, 4) is 0 Å². The van der Waals surface area contributed by atoms with Gasteiger partial charge in [-0.05, 0) is 42.8 Å². The Bertz CT molecular complexity index is 1010. The molecule has 1 saturated heterocycles. The molecule has 2 N–H and O–H groups in total. The van der Waals surface area contributed by atoms with Gasteiger partial charge < -0.3 is 15.5 Å². The normalized spacial score (nSPS) is 18.2. The van der Waals surface area contributed by atoms with Crippen molar-refractivity contribution in [2.45, 2.75) is 18.6 Å². The van der Waals surface area contributed by atoms with Gasteiger partial charge in [-0.2, -0.15) is 5.10 Å². The maximum atomic E-state index is 12.5. The molecule has 3 rings (SSSR count). The van der Waals surface area contributed by atoms with Gasteiger partial charge in [-0.3, -0.25) is 9.59 Å². The third-order valence-corrected chi connectivity index (χ3v) is 5.50. The summed E-state index contributed by atoms with van der Waals surface area (Å²) < 4.78 is 0. The standard InChI is InChI=1S/C23H25N5O2S/c1-16(9-10-17-11-13-19(14-12-17)28(2)3)26-27-23-25-21(29)15-20(31-23)22(30)24-18-7-5-4-6-8-18/h4-14,20H,15H2,1-3H3,(H,24,30)(H,25,27,29)/b10-9-,26-16+/t20-/m0/s1. The quantitative estimate of drug-likeness (QED) is 0.534. The van der Waals surface area contributed by atoms with Gasteiger partial charge >= 0.3 is 0 Å². The lowest BCUT2D eigenvalue weighted by Gasteiger charge is -2.21. The highest BCUT2D eigenvalue weighted by atomic mass is 32.2. The van der Waals surface area contributed by atoms with Gasteiger partial charge in [0.25, 0.3) is 0 Å². The number of para-hydroxylation sites is 1. The maximum absolute atomic E-state index is 12.5. The number of thioether (sulfide) groups is 1. The van der Waals surface area contributed by atoms with E-state index in [9.17, 15) is 9.59 Å². The van der Waals surface area contributed by atoms with Crippen LogP contribution in [0.25, 0.3) is 6.08 Å². The molecule has 8 heteroatoms. The van der Waals surface area contributed by atoms with Gasteiger partial charge in [0.1, 0.15) is 5.25 Å². The molecule has 2 amide bonds. The summed E-state index contributed by atoms with van der Waals surface area (Å²) in [6.45, 7) is 1.82. The lowest BCUT2D eigenvalue weighted by Crippen LogP contribution is -2.41. The number of hydrogen-bond acceptors (Lipinski definition) is 6. The highest BCUT2D eigenvalue weighted by Gasteiger charge is 2.30. The van der Waals surface area contributed by atoms with Crippen molar-refractivity contribution in [1.29, 1.82) is 0 Å². The zero-order chi connectivity index (χ0) is 22.2. The van der Waals surface area contributed by atoms with Crippen LogP contribution in [-0.4, -0.2) is 42.0 Å². The van der Waals surface area contributed by atoms with E-state index in [2.05, 4.69) is 20.8 Å². The Morgan fingerprint density at radius 1 is 1.16 bits per heavy atom. The van der Waals surface area contributed by atoms with Crippen LogP contribution < -0.4 is 15.5 Å². The van der Waals surface area contributed by atoms with Gasteiger partial charge in [0.2, 0.25) is 11.8 Å². The van der Waals surface area contributed by atoms with Crippen molar-refractivity contribution in [3.63, 3.8) is 0 Å². The van der Waals surface area contributed by atoms with Gasteiger partial charge in [-0.25, -0.2) is 0 Å². The number of amidine groups is 1. The maximum Gasteiger partial charge on any atom is 0.238 e. The first-order valence-corrected chi connectivity index (χ1v) is 10.7.